The summed E-state index contributed by atoms with van der Waals surface area (Å²) in [5, 5.41) is 23.4. The van der Waals surface area contributed by atoms with Crippen molar-refractivity contribution in [1.82, 2.24) is 10.6 Å². The van der Waals surface area contributed by atoms with Gasteiger partial charge in [-0.25, -0.2) is 9.59 Å². The predicted molar refractivity (Wildman–Crippen MR) is 108 cm³/mol. The smallest absolute Gasteiger partial charge is 0.408 e. The summed E-state index contributed by atoms with van der Waals surface area (Å²) in [6.07, 6.45) is 5.44. The summed E-state index contributed by atoms with van der Waals surface area (Å²) in [4.78, 5) is 35.5. The second-order valence-corrected chi connectivity index (χ2v) is 6.90. The van der Waals surface area contributed by atoms with Gasteiger partial charge in [-0.3, -0.25) is 4.79 Å². The molecular formula is C21H32N2O6. The van der Waals surface area contributed by atoms with E-state index in [0.717, 1.165) is 37.7 Å². The topological polar surface area (TPSA) is 125 Å². The number of carboxylic acid groups (broad SMARTS) is 1. The summed E-state index contributed by atoms with van der Waals surface area (Å²) in [7, 11) is 0. The van der Waals surface area contributed by atoms with E-state index in [2.05, 4.69) is 17.6 Å². The average Bonchev–Trinajstić information content (AvgIpc) is 2.72. The fourth-order valence-corrected chi connectivity index (χ4v) is 2.76. The maximum Gasteiger partial charge on any atom is 0.408 e. The number of carboxylic acids is 1. The van der Waals surface area contributed by atoms with Crippen LogP contribution in [0.25, 0.3) is 0 Å². The van der Waals surface area contributed by atoms with Crippen LogP contribution in [-0.4, -0.2) is 46.9 Å². The number of carbonyl (C=O) groups excluding carboxylic acids is 2. The molecule has 4 N–H and O–H groups in total. The number of ether oxygens (including phenoxy) is 1. The lowest BCUT2D eigenvalue weighted by molar-refractivity contribution is -0.142. The van der Waals surface area contributed by atoms with Crippen molar-refractivity contribution >= 4 is 18.0 Å². The molecule has 0 aliphatic heterocycles. The summed E-state index contributed by atoms with van der Waals surface area (Å²) in [5.74, 6) is -1.90. The van der Waals surface area contributed by atoms with Gasteiger partial charge >= 0.3 is 12.1 Å². The van der Waals surface area contributed by atoms with Gasteiger partial charge in [0, 0.05) is 0 Å². The molecule has 162 valence electrons. The molecule has 29 heavy (non-hydrogen) atoms. The zero-order valence-electron chi connectivity index (χ0n) is 16.9. The maximum atomic E-state index is 12.3. The number of aliphatic hydroxyl groups is 1. The number of aliphatic carboxylic acids is 1. The fourth-order valence-electron chi connectivity index (χ4n) is 2.76. The molecule has 0 radical (unpaired) electrons. The standard InChI is InChI=1S/C21H32N2O6/c1-2-3-4-5-6-10-13-17(20(26)27)22-19(25)18(14-24)23-21(28)29-15-16-11-8-7-9-12-16/h7-9,11-12,17-18,24H,2-6,10,13-15H2,1H3,(H,22,25)(H,23,28)(H,26,27)/t17-,18-/m0/s1. The number of aliphatic hydroxyl groups excluding tert-OH is 1. The number of hydrogen-bond donors (Lipinski definition) is 4. The highest BCUT2D eigenvalue weighted by atomic mass is 16.5. The van der Waals surface area contributed by atoms with Crippen LogP contribution in [0.5, 0.6) is 0 Å². The van der Waals surface area contributed by atoms with Gasteiger partial charge in [0.2, 0.25) is 5.91 Å². The van der Waals surface area contributed by atoms with Crippen LogP contribution in [0.1, 0.15) is 57.4 Å². The summed E-state index contributed by atoms with van der Waals surface area (Å²) < 4.78 is 5.02. The summed E-state index contributed by atoms with van der Waals surface area (Å²) in [6.45, 7) is 1.47. The van der Waals surface area contributed by atoms with Crippen molar-refractivity contribution < 1.29 is 29.3 Å². The Labute approximate surface area is 171 Å². The number of alkyl carbamates (subject to hydrolysis) is 1. The Balaban J connectivity index is 2.43. The molecule has 0 bridgehead atoms. The lowest BCUT2D eigenvalue weighted by Gasteiger charge is -2.20. The van der Waals surface area contributed by atoms with E-state index in [1.165, 1.54) is 0 Å². The molecule has 0 fully saturated rings. The van der Waals surface area contributed by atoms with Crippen LogP contribution >= 0.6 is 0 Å². The molecule has 0 aromatic heterocycles. The van der Waals surface area contributed by atoms with Crippen LogP contribution < -0.4 is 10.6 Å². The Bertz CT molecular complexity index is 623. The van der Waals surface area contributed by atoms with E-state index >= 15 is 0 Å². The fraction of sp³-hybridized carbons (Fsp3) is 0.571. The van der Waals surface area contributed by atoms with Gasteiger partial charge < -0.3 is 25.6 Å². The molecular weight excluding hydrogens is 376 g/mol. The summed E-state index contributed by atoms with van der Waals surface area (Å²) in [5.41, 5.74) is 0.775. The Morgan fingerprint density at radius 2 is 1.62 bits per heavy atom. The van der Waals surface area contributed by atoms with Crippen LogP contribution in [0.15, 0.2) is 30.3 Å². The molecule has 2 atom stereocenters. The highest BCUT2D eigenvalue weighted by Crippen LogP contribution is 2.09. The summed E-state index contributed by atoms with van der Waals surface area (Å²) in [6, 6.07) is 6.65. The van der Waals surface area contributed by atoms with Gasteiger partial charge in [-0.1, -0.05) is 75.8 Å². The third kappa shape index (κ3) is 10.5. The molecule has 0 aliphatic rings. The first-order valence-corrected chi connectivity index (χ1v) is 10.1. The lowest BCUT2D eigenvalue weighted by atomic mass is 10.1. The van der Waals surface area contributed by atoms with E-state index in [1.807, 2.05) is 6.07 Å². The molecule has 8 nitrogen and oxygen atoms in total. The van der Waals surface area contributed by atoms with Crippen LogP contribution in [0.2, 0.25) is 0 Å². The third-order valence-electron chi connectivity index (χ3n) is 4.46. The third-order valence-corrected chi connectivity index (χ3v) is 4.46. The van der Waals surface area contributed by atoms with Crippen LogP contribution in [-0.2, 0) is 20.9 Å². The first-order valence-electron chi connectivity index (χ1n) is 10.1. The van der Waals surface area contributed by atoms with Crippen LogP contribution in [0.3, 0.4) is 0 Å². The van der Waals surface area contributed by atoms with Gasteiger partial charge in [-0.15, -0.1) is 0 Å². The largest absolute Gasteiger partial charge is 0.480 e. The van der Waals surface area contributed by atoms with Gasteiger partial charge in [-0.05, 0) is 12.0 Å². The van der Waals surface area contributed by atoms with E-state index in [0.29, 0.717) is 12.8 Å². The average molecular weight is 408 g/mol. The van der Waals surface area contributed by atoms with Crippen LogP contribution in [0, 0.1) is 0 Å². The molecule has 0 spiro atoms. The van der Waals surface area contributed by atoms with Crippen molar-refractivity contribution in [2.24, 2.45) is 0 Å². The van der Waals surface area contributed by atoms with Gasteiger partial charge in [0.25, 0.3) is 0 Å². The van der Waals surface area contributed by atoms with E-state index in [4.69, 9.17) is 4.74 Å². The first kappa shape index (κ1) is 24.4. The van der Waals surface area contributed by atoms with Crippen LogP contribution in [0.4, 0.5) is 4.79 Å². The number of hydrogen-bond acceptors (Lipinski definition) is 5. The molecule has 0 heterocycles. The number of rotatable bonds is 14. The first-order chi connectivity index (χ1) is 14.0. The Hall–Kier alpha value is -2.61. The Morgan fingerprint density at radius 3 is 2.24 bits per heavy atom. The minimum atomic E-state index is -1.29. The monoisotopic (exact) mass is 408 g/mol. The maximum absolute atomic E-state index is 12.3. The van der Waals surface area contributed by atoms with Crippen molar-refractivity contribution in [1.29, 1.82) is 0 Å². The van der Waals surface area contributed by atoms with Crippen molar-refractivity contribution in [2.45, 2.75) is 70.6 Å². The number of carbonyl (C=O) groups is 3. The quantitative estimate of drug-likeness (QED) is 0.351. The highest BCUT2D eigenvalue weighted by Gasteiger charge is 2.26. The summed E-state index contributed by atoms with van der Waals surface area (Å²) >= 11 is 0. The van der Waals surface area contributed by atoms with Gasteiger partial charge in [0.15, 0.2) is 0 Å². The van der Waals surface area contributed by atoms with E-state index < -0.39 is 36.7 Å². The predicted octanol–water partition coefficient (Wildman–Crippen LogP) is 2.59. The molecule has 8 heteroatoms. The van der Waals surface area contributed by atoms with Crippen molar-refractivity contribution in [2.75, 3.05) is 6.61 Å². The normalized spacial score (nSPS) is 12.6. The zero-order valence-corrected chi connectivity index (χ0v) is 16.9. The molecule has 0 unspecified atom stereocenters. The Morgan fingerprint density at radius 1 is 0.966 bits per heavy atom. The molecule has 1 aromatic rings. The van der Waals surface area contributed by atoms with Crippen molar-refractivity contribution in [3.05, 3.63) is 35.9 Å². The van der Waals surface area contributed by atoms with Gasteiger partial charge in [0.05, 0.1) is 6.61 Å². The zero-order chi connectivity index (χ0) is 21.5. The van der Waals surface area contributed by atoms with E-state index in [-0.39, 0.29) is 6.61 Å². The number of nitrogens with one attached hydrogen (secondary N) is 2. The second-order valence-electron chi connectivity index (χ2n) is 6.90. The minimum Gasteiger partial charge on any atom is -0.480 e. The van der Waals surface area contributed by atoms with E-state index in [1.54, 1.807) is 24.3 Å². The number of benzene rings is 1. The lowest BCUT2D eigenvalue weighted by Crippen LogP contribution is -2.53. The number of amides is 2. The molecule has 1 rings (SSSR count). The molecule has 0 saturated heterocycles. The van der Waals surface area contributed by atoms with Gasteiger partial charge in [-0.2, -0.15) is 0 Å². The second kappa shape index (κ2) is 14.4. The van der Waals surface area contributed by atoms with Crippen molar-refractivity contribution in [3.8, 4) is 0 Å². The minimum absolute atomic E-state index is 0.0161. The molecule has 2 amide bonds. The molecule has 0 saturated carbocycles. The SMILES string of the molecule is CCCCCCCC[C@H](NC(=O)[C@H](CO)NC(=O)OCc1ccccc1)C(=O)O. The Kier molecular flexibility index (Phi) is 12.1. The van der Waals surface area contributed by atoms with Gasteiger partial charge in [0.1, 0.15) is 18.7 Å². The molecule has 0 aliphatic carbocycles. The number of unbranched alkanes of at least 4 members (excludes halogenated alkanes) is 5. The molecule has 1 aromatic carbocycles. The highest BCUT2D eigenvalue weighted by molar-refractivity contribution is 5.89. The van der Waals surface area contributed by atoms with Crippen molar-refractivity contribution in [3.63, 3.8) is 0 Å². The van der Waals surface area contributed by atoms with E-state index in [9.17, 15) is 24.6 Å².